The minimum Gasteiger partial charge on any atom is -0.263 e. The number of hydrogen-bond donors (Lipinski definition) is 0. The first-order valence-electron chi connectivity index (χ1n) is 5.08. The van der Waals surface area contributed by atoms with Crippen LogP contribution < -0.4 is 0 Å². The van der Waals surface area contributed by atoms with Gasteiger partial charge >= 0.3 is 0 Å². The van der Waals surface area contributed by atoms with Crippen molar-refractivity contribution in [2.75, 3.05) is 23.2 Å². The largest absolute Gasteiger partial charge is 0.264 e. The third-order valence-electron chi connectivity index (χ3n) is 1.90. The van der Waals surface area contributed by atoms with Crippen molar-refractivity contribution < 1.29 is 25.2 Å². The van der Waals surface area contributed by atoms with Gasteiger partial charge in [-0.3, -0.25) is 8.37 Å². The molecule has 0 amide bonds. The third-order valence-corrected chi connectivity index (χ3v) is 7.87. The van der Waals surface area contributed by atoms with Gasteiger partial charge in [0.1, 0.15) is 12.2 Å². The molecule has 0 saturated carbocycles. The molecule has 0 N–H and O–H groups in total. The van der Waals surface area contributed by atoms with Gasteiger partial charge in [-0.1, -0.05) is 63.7 Å². The molecular formula is C8H14Br4O6S2. The van der Waals surface area contributed by atoms with Crippen molar-refractivity contribution in [3.63, 3.8) is 0 Å². The molecule has 4 atom stereocenters. The lowest BCUT2D eigenvalue weighted by Crippen LogP contribution is -2.46. The summed E-state index contributed by atoms with van der Waals surface area (Å²) in [5.74, 6) is 0. The first-order valence-corrected chi connectivity index (χ1v) is 12.8. The second kappa shape index (κ2) is 9.14. The van der Waals surface area contributed by atoms with E-state index >= 15 is 0 Å². The van der Waals surface area contributed by atoms with Gasteiger partial charge in [0.25, 0.3) is 20.2 Å². The van der Waals surface area contributed by atoms with Gasteiger partial charge in [-0.25, -0.2) is 0 Å². The maximum atomic E-state index is 11.4. The molecule has 0 heterocycles. The molecule has 20 heavy (non-hydrogen) atoms. The van der Waals surface area contributed by atoms with Gasteiger partial charge in [0, 0.05) is 10.7 Å². The van der Waals surface area contributed by atoms with Crippen molar-refractivity contribution in [2.24, 2.45) is 0 Å². The Morgan fingerprint density at radius 2 is 1.05 bits per heavy atom. The Kier molecular flexibility index (Phi) is 9.93. The zero-order chi connectivity index (χ0) is 16.1. The summed E-state index contributed by atoms with van der Waals surface area (Å²) >= 11 is 12.9. The molecule has 0 aliphatic heterocycles. The van der Waals surface area contributed by atoms with Crippen LogP contribution in [-0.4, -0.2) is 61.9 Å². The zero-order valence-corrected chi connectivity index (χ0v) is 18.5. The van der Waals surface area contributed by atoms with Gasteiger partial charge in [-0.15, -0.1) is 0 Å². The minimum absolute atomic E-state index is 0.346. The van der Waals surface area contributed by atoms with Crippen molar-refractivity contribution in [1.29, 1.82) is 0 Å². The van der Waals surface area contributed by atoms with E-state index in [-0.39, 0.29) is 0 Å². The van der Waals surface area contributed by atoms with Gasteiger partial charge < -0.3 is 0 Å². The summed E-state index contributed by atoms with van der Waals surface area (Å²) < 4.78 is 55.4. The fourth-order valence-electron chi connectivity index (χ4n) is 1.22. The fraction of sp³-hybridized carbons (Fsp3) is 1.00. The van der Waals surface area contributed by atoms with Crippen molar-refractivity contribution in [2.45, 2.75) is 21.9 Å². The Bertz CT molecular complexity index is 447. The summed E-state index contributed by atoms with van der Waals surface area (Å²) in [6, 6.07) is 0. The monoisotopic (exact) mass is 586 g/mol. The molecule has 0 aromatic rings. The predicted octanol–water partition coefficient (Wildman–Crippen LogP) is 1.99. The topological polar surface area (TPSA) is 86.7 Å². The van der Waals surface area contributed by atoms with Crippen molar-refractivity contribution in [1.82, 2.24) is 0 Å². The van der Waals surface area contributed by atoms with E-state index in [1.54, 1.807) is 0 Å². The van der Waals surface area contributed by atoms with E-state index in [0.29, 0.717) is 10.7 Å². The Morgan fingerprint density at radius 1 is 0.800 bits per heavy atom. The van der Waals surface area contributed by atoms with Crippen molar-refractivity contribution >= 4 is 84.0 Å². The SMILES string of the molecule is CS(=O)(=O)O[C@H]([C@H](OS(C)(=O)=O)[C@H](Br)CBr)[C@@H](Br)CBr. The van der Waals surface area contributed by atoms with E-state index in [0.717, 1.165) is 12.5 Å². The molecule has 0 unspecified atom stereocenters. The normalized spacial score (nSPS) is 19.3. The van der Waals surface area contributed by atoms with E-state index in [9.17, 15) is 16.8 Å². The molecule has 0 spiro atoms. The van der Waals surface area contributed by atoms with Gasteiger partial charge in [-0.05, 0) is 0 Å². The molecule has 0 rings (SSSR count). The number of hydrogen-bond acceptors (Lipinski definition) is 6. The van der Waals surface area contributed by atoms with E-state index in [2.05, 4.69) is 63.7 Å². The van der Waals surface area contributed by atoms with Crippen LogP contribution >= 0.6 is 63.7 Å². The summed E-state index contributed by atoms with van der Waals surface area (Å²) in [5, 5.41) is 0.692. The maximum Gasteiger partial charge on any atom is 0.264 e. The van der Waals surface area contributed by atoms with Crippen LogP contribution in [0.25, 0.3) is 0 Å². The molecule has 12 heteroatoms. The van der Waals surface area contributed by atoms with Crippen LogP contribution in [0, 0.1) is 0 Å². The van der Waals surface area contributed by atoms with Crippen LogP contribution in [0.1, 0.15) is 0 Å². The zero-order valence-electron chi connectivity index (χ0n) is 10.5. The van der Waals surface area contributed by atoms with Gasteiger partial charge in [0.2, 0.25) is 0 Å². The Labute approximate surface area is 153 Å². The molecule has 0 bridgehead atoms. The van der Waals surface area contributed by atoms with Crippen LogP contribution in [0.15, 0.2) is 0 Å². The number of alkyl halides is 4. The lowest BCUT2D eigenvalue weighted by Gasteiger charge is -2.30. The minimum atomic E-state index is -3.78. The van der Waals surface area contributed by atoms with Crippen LogP contribution in [0.2, 0.25) is 0 Å². The molecule has 6 nitrogen and oxygen atoms in total. The average molecular weight is 590 g/mol. The molecular weight excluding hydrogens is 576 g/mol. The lowest BCUT2D eigenvalue weighted by atomic mass is 10.1. The van der Waals surface area contributed by atoms with E-state index in [1.807, 2.05) is 0 Å². The van der Waals surface area contributed by atoms with E-state index < -0.39 is 42.1 Å². The molecule has 0 aliphatic carbocycles. The quantitative estimate of drug-likeness (QED) is 0.302. The Hall–Kier alpha value is 1.74. The van der Waals surface area contributed by atoms with Crippen LogP contribution in [0.4, 0.5) is 0 Å². The second-order valence-corrected chi connectivity index (χ2v) is 10.7. The third kappa shape index (κ3) is 9.01. The summed E-state index contributed by atoms with van der Waals surface area (Å²) in [6.07, 6.45) is -0.270. The van der Waals surface area contributed by atoms with Crippen molar-refractivity contribution in [3.8, 4) is 0 Å². The number of halogens is 4. The highest BCUT2D eigenvalue weighted by Crippen LogP contribution is 2.27. The summed E-state index contributed by atoms with van der Waals surface area (Å²) in [5.41, 5.74) is 0. The molecule has 0 aliphatic rings. The van der Waals surface area contributed by atoms with Crippen molar-refractivity contribution in [3.05, 3.63) is 0 Å². The first kappa shape index (κ1) is 21.7. The van der Waals surface area contributed by atoms with Crippen LogP contribution in [0.3, 0.4) is 0 Å². The van der Waals surface area contributed by atoms with Gasteiger partial charge in [0.05, 0.1) is 22.2 Å². The average Bonchev–Trinajstić information content (AvgIpc) is 2.29. The highest BCUT2D eigenvalue weighted by atomic mass is 79.9. The molecule has 0 saturated heterocycles. The summed E-state index contributed by atoms with van der Waals surface area (Å²) in [4.78, 5) is -0.939. The molecule has 0 radical (unpaired) electrons. The maximum absolute atomic E-state index is 11.4. The Morgan fingerprint density at radius 3 is 1.20 bits per heavy atom. The molecule has 0 fully saturated rings. The molecule has 0 aromatic heterocycles. The number of rotatable bonds is 9. The summed E-state index contributed by atoms with van der Waals surface area (Å²) in [7, 11) is -7.57. The fourth-order valence-corrected chi connectivity index (χ4v) is 4.36. The van der Waals surface area contributed by atoms with Crippen LogP contribution in [0.5, 0.6) is 0 Å². The first-order chi connectivity index (χ1) is 8.91. The molecule has 0 aromatic carbocycles. The van der Waals surface area contributed by atoms with Gasteiger partial charge in [-0.2, -0.15) is 16.8 Å². The smallest absolute Gasteiger partial charge is 0.263 e. The molecule has 122 valence electrons. The highest BCUT2D eigenvalue weighted by molar-refractivity contribution is 9.12. The highest BCUT2D eigenvalue weighted by Gasteiger charge is 2.38. The van der Waals surface area contributed by atoms with Gasteiger partial charge in [0.15, 0.2) is 0 Å². The standard InChI is InChI=1S/C8H14Br4O6S2/c1-19(13,14)17-7(5(11)3-9)8(6(12)4-10)18-20(2,15)16/h5-8H,3-4H2,1-2H3/t5-,6+,7-,8+. The predicted molar refractivity (Wildman–Crippen MR) is 92.5 cm³/mol. The van der Waals surface area contributed by atoms with E-state index in [4.69, 9.17) is 8.37 Å². The Balaban J connectivity index is 5.49. The summed E-state index contributed by atoms with van der Waals surface area (Å²) in [6.45, 7) is 0. The van der Waals surface area contributed by atoms with E-state index in [1.165, 1.54) is 0 Å². The lowest BCUT2D eigenvalue weighted by molar-refractivity contribution is 0.0702. The van der Waals surface area contributed by atoms with Crippen LogP contribution in [-0.2, 0) is 28.6 Å². The second-order valence-electron chi connectivity index (χ2n) is 3.87.